The fourth-order valence-electron chi connectivity index (χ4n) is 1.16. The van der Waals surface area contributed by atoms with Gasteiger partial charge in [-0.25, -0.2) is 13.6 Å². The van der Waals surface area contributed by atoms with Crippen molar-refractivity contribution >= 4 is 15.7 Å². The molecule has 0 aliphatic rings. The largest absolute Gasteiger partial charge is 0.385 e. The maximum absolute atomic E-state index is 11.1. The number of anilines is 1. The van der Waals surface area contributed by atoms with Gasteiger partial charge in [-0.05, 0) is 31.5 Å². The fourth-order valence-corrected chi connectivity index (χ4v) is 1.70. The number of benzene rings is 1. The number of rotatable bonds is 3. The molecule has 3 N–H and O–H groups in total. The van der Waals surface area contributed by atoms with Crippen LogP contribution in [0, 0.1) is 6.92 Å². The Morgan fingerprint density at radius 2 is 2.07 bits per heavy atom. The van der Waals surface area contributed by atoms with Crippen molar-refractivity contribution in [2.24, 2.45) is 5.14 Å². The molecule has 1 aromatic rings. The van der Waals surface area contributed by atoms with Crippen molar-refractivity contribution in [3.8, 4) is 0 Å². The van der Waals surface area contributed by atoms with Gasteiger partial charge in [0.15, 0.2) is 0 Å². The molecule has 0 atom stereocenters. The van der Waals surface area contributed by atoms with Crippen LogP contribution in [0.15, 0.2) is 23.1 Å². The van der Waals surface area contributed by atoms with Crippen LogP contribution in [0.5, 0.6) is 0 Å². The van der Waals surface area contributed by atoms with E-state index in [1.807, 2.05) is 13.8 Å². The molecule has 1 rings (SSSR count). The highest BCUT2D eigenvalue weighted by Crippen LogP contribution is 2.18. The standard InChI is InChI=1S/C9H14N2O2S/c1-3-11-9-6-8(14(10,12)13)5-4-7(9)2/h4-6,11H,3H2,1-2H3,(H2,10,12,13). The molecule has 4 nitrogen and oxygen atoms in total. The van der Waals surface area contributed by atoms with E-state index in [2.05, 4.69) is 5.32 Å². The van der Waals surface area contributed by atoms with Gasteiger partial charge in [0, 0.05) is 12.2 Å². The van der Waals surface area contributed by atoms with E-state index >= 15 is 0 Å². The number of hydrogen-bond donors (Lipinski definition) is 2. The van der Waals surface area contributed by atoms with Crippen molar-refractivity contribution in [2.75, 3.05) is 11.9 Å². The van der Waals surface area contributed by atoms with Crippen LogP contribution in [0.25, 0.3) is 0 Å². The van der Waals surface area contributed by atoms with Crippen LogP contribution in [-0.4, -0.2) is 15.0 Å². The molecule has 0 heterocycles. The van der Waals surface area contributed by atoms with Crippen molar-refractivity contribution in [3.05, 3.63) is 23.8 Å². The zero-order valence-corrected chi connectivity index (χ0v) is 9.06. The summed E-state index contributed by atoms with van der Waals surface area (Å²) in [5.41, 5.74) is 1.80. The molecule has 0 bridgehead atoms. The third-order valence-electron chi connectivity index (χ3n) is 1.90. The monoisotopic (exact) mass is 214 g/mol. The Hall–Kier alpha value is -1.07. The molecule has 78 valence electrons. The summed E-state index contributed by atoms with van der Waals surface area (Å²) in [6, 6.07) is 4.79. The zero-order chi connectivity index (χ0) is 10.8. The lowest BCUT2D eigenvalue weighted by Gasteiger charge is -2.08. The summed E-state index contributed by atoms with van der Waals surface area (Å²) in [6.45, 7) is 4.60. The van der Waals surface area contributed by atoms with Gasteiger partial charge in [-0.3, -0.25) is 0 Å². The second-order valence-electron chi connectivity index (χ2n) is 3.05. The Morgan fingerprint density at radius 1 is 1.43 bits per heavy atom. The topological polar surface area (TPSA) is 72.2 Å². The van der Waals surface area contributed by atoms with Crippen LogP contribution in [-0.2, 0) is 10.0 Å². The molecule has 0 saturated heterocycles. The predicted molar refractivity (Wildman–Crippen MR) is 56.7 cm³/mol. The van der Waals surface area contributed by atoms with Gasteiger partial charge in [-0.2, -0.15) is 0 Å². The first-order valence-electron chi connectivity index (χ1n) is 4.32. The summed E-state index contributed by atoms with van der Waals surface area (Å²) in [6.07, 6.45) is 0. The Morgan fingerprint density at radius 3 is 2.57 bits per heavy atom. The number of hydrogen-bond acceptors (Lipinski definition) is 3. The molecule has 0 spiro atoms. The van der Waals surface area contributed by atoms with Gasteiger partial charge in [0.1, 0.15) is 0 Å². The van der Waals surface area contributed by atoms with Gasteiger partial charge in [0.2, 0.25) is 10.0 Å². The molecule has 0 saturated carbocycles. The first kappa shape index (κ1) is 11.0. The van der Waals surface area contributed by atoms with E-state index < -0.39 is 10.0 Å². The molecular formula is C9H14N2O2S. The van der Waals surface area contributed by atoms with Crippen LogP contribution in [0.4, 0.5) is 5.69 Å². The number of nitrogens with two attached hydrogens (primary N) is 1. The quantitative estimate of drug-likeness (QED) is 0.790. The molecule has 0 aromatic heterocycles. The normalized spacial score (nSPS) is 11.4. The van der Waals surface area contributed by atoms with Gasteiger partial charge in [-0.15, -0.1) is 0 Å². The second kappa shape index (κ2) is 3.98. The number of aryl methyl sites for hydroxylation is 1. The molecule has 0 unspecified atom stereocenters. The molecule has 5 heteroatoms. The maximum Gasteiger partial charge on any atom is 0.238 e. The maximum atomic E-state index is 11.1. The molecular weight excluding hydrogens is 200 g/mol. The van der Waals surface area contributed by atoms with E-state index in [1.165, 1.54) is 6.07 Å². The van der Waals surface area contributed by atoms with Crippen LogP contribution < -0.4 is 10.5 Å². The Labute approximate surface area is 84.2 Å². The van der Waals surface area contributed by atoms with Crippen LogP contribution >= 0.6 is 0 Å². The predicted octanol–water partition coefficient (Wildman–Crippen LogP) is 1.07. The summed E-state index contributed by atoms with van der Waals surface area (Å²) >= 11 is 0. The second-order valence-corrected chi connectivity index (χ2v) is 4.61. The first-order valence-corrected chi connectivity index (χ1v) is 5.87. The van der Waals surface area contributed by atoms with E-state index in [0.29, 0.717) is 0 Å². The molecule has 1 aromatic carbocycles. The average molecular weight is 214 g/mol. The third kappa shape index (κ3) is 2.46. The minimum Gasteiger partial charge on any atom is -0.385 e. The summed E-state index contributed by atoms with van der Waals surface area (Å²) in [5.74, 6) is 0. The average Bonchev–Trinajstić information content (AvgIpc) is 2.07. The Kier molecular flexibility index (Phi) is 3.13. The SMILES string of the molecule is CCNc1cc(S(N)(=O)=O)ccc1C. The van der Waals surface area contributed by atoms with E-state index in [4.69, 9.17) is 5.14 Å². The van der Waals surface area contributed by atoms with E-state index in [9.17, 15) is 8.42 Å². The van der Waals surface area contributed by atoms with E-state index in [-0.39, 0.29) is 4.90 Å². The summed E-state index contributed by atoms with van der Waals surface area (Å²) < 4.78 is 22.1. The van der Waals surface area contributed by atoms with Crippen molar-refractivity contribution in [1.29, 1.82) is 0 Å². The molecule has 0 amide bonds. The van der Waals surface area contributed by atoms with Crippen molar-refractivity contribution < 1.29 is 8.42 Å². The fraction of sp³-hybridized carbons (Fsp3) is 0.333. The molecule has 0 radical (unpaired) electrons. The first-order chi connectivity index (χ1) is 6.45. The Bertz CT molecular complexity index is 426. The van der Waals surface area contributed by atoms with Crippen LogP contribution in [0.3, 0.4) is 0 Å². The third-order valence-corrected chi connectivity index (χ3v) is 2.82. The summed E-state index contributed by atoms with van der Waals surface area (Å²) in [5, 5.41) is 8.08. The van der Waals surface area contributed by atoms with Crippen LogP contribution in [0.2, 0.25) is 0 Å². The van der Waals surface area contributed by atoms with Gasteiger partial charge in [-0.1, -0.05) is 6.07 Å². The van der Waals surface area contributed by atoms with Crippen molar-refractivity contribution in [1.82, 2.24) is 0 Å². The van der Waals surface area contributed by atoms with Gasteiger partial charge in [0.05, 0.1) is 4.90 Å². The summed E-state index contributed by atoms with van der Waals surface area (Å²) in [4.78, 5) is 0.138. The number of primary sulfonamides is 1. The lowest BCUT2D eigenvalue weighted by atomic mass is 10.2. The van der Waals surface area contributed by atoms with Gasteiger partial charge >= 0.3 is 0 Å². The highest BCUT2D eigenvalue weighted by molar-refractivity contribution is 7.89. The molecule has 0 aliphatic carbocycles. The molecule has 0 aliphatic heterocycles. The highest BCUT2D eigenvalue weighted by atomic mass is 32.2. The van der Waals surface area contributed by atoms with Gasteiger partial charge in [0.25, 0.3) is 0 Å². The van der Waals surface area contributed by atoms with Crippen LogP contribution in [0.1, 0.15) is 12.5 Å². The lowest BCUT2D eigenvalue weighted by molar-refractivity contribution is 0.598. The number of sulfonamides is 1. The zero-order valence-electron chi connectivity index (χ0n) is 8.24. The van der Waals surface area contributed by atoms with E-state index in [1.54, 1.807) is 12.1 Å². The van der Waals surface area contributed by atoms with Crippen molar-refractivity contribution in [3.63, 3.8) is 0 Å². The van der Waals surface area contributed by atoms with Gasteiger partial charge < -0.3 is 5.32 Å². The smallest absolute Gasteiger partial charge is 0.238 e. The number of nitrogens with one attached hydrogen (secondary N) is 1. The minimum absolute atomic E-state index is 0.138. The summed E-state index contributed by atoms with van der Waals surface area (Å²) in [7, 11) is -3.60. The highest BCUT2D eigenvalue weighted by Gasteiger charge is 2.08. The molecule has 14 heavy (non-hydrogen) atoms. The van der Waals surface area contributed by atoms with E-state index in [0.717, 1.165) is 17.8 Å². The minimum atomic E-state index is -3.60. The van der Waals surface area contributed by atoms with Crippen molar-refractivity contribution in [2.45, 2.75) is 18.7 Å². The lowest BCUT2D eigenvalue weighted by Crippen LogP contribution is -2.12. The molecule has 0 fully saturated rings. The Balaban J connectivity index is 3.20.